The van der Waals surface area contributed by atoms with Crippen LogP contribution in [0.5, 0.6) is 0 Å². The molecule has 0 N–H and O–H groups in total. The van der Waals surface area contributed by atoms with E-state index >= 15 is 0 Å². The quantitative estimate of drug-likeness (QED) is 0.153. The molecule has 0 saturated carbocycles. The molecule has 2 aliphatic carbocycles. The maximum atomic E-state index is 5.96. The molecule has 2 nitrogen and oxygen atoms in total. The molecule has 0 amide bonds. The van der Waals surface area contributed by atoms with Crippen molar-refractivity contribution >= 4 is 65.4 Å². The van der Waals surface area contributed by atoms with E-state index in [4.69, 9.17) is 4.99 Å². The summed E-state index contributed by atoms with van der Waals surface area (Å²) in [4.78, 5) is 5.96. The average Bonchev–Trinajstić information content (AvgIpc) is 4.07. The highest BCUT2D eigenvalue weighted by Gasteiger charge is 2.51. The number of hydrogen-bond donors (Lipinski definition) is 0. The van der Waals surface area contributed by atoms with Crippen LogP contribution in [0.4, 0.5) is 0 Å². The Balaban J connectivity index is 0.954. The Kier molecular flexibility index (Phi) is 9.12. The van der Waals surface area contributed by atoms with Crippen LogP contribution in [0.2, 0.25) is 0 Å². The SMILES string of the molecule is CCC1C/C(c2ccccc2)=C/CC(C)C(c2ccc(-n3c4cccc5c6cc7c(cc6c6cccc3c6c54)C3(c4ccccc4-c4ccccc43)c3ccccc3-7)c3ccccc23)=NC1c1ccccc1. The minimum Gasteiger partial charge on any atom is -0.309 e. The molecule has 72 heavy (non-hydrogen) atoms. The van der Waals surface area contributed by atoms with E-state index in [0.29, 0.717) is 5.92 Å². The van der Waals surface area contributed by atoms with Crippen molar-refractivity contribution in [3.8, 4) is 27.9 Å². The number of nitrogens with zero attached hydrogens (tertiary/aromatic N) is 2. The first kappa shape index (κ1) is 41.5. The summed E-state index contributed by atoms with van der Waals surface area (Å²) in [6.07, 6.45) is 5.47. The fourth-order valence-corrected chi connectivity index (χ4v) is 14.0. The van der Waals surface area contributed by atoms with E-state index in [0.717, 1.165) is 19.3 Å². The molecule has 0 fully saturated rings. The molecule has 0 saturated heterocycles. The number of aliphatic imine (C=N–C) groups is 1. The van der Waals surface area contributed by atoms with Crippen molar-refractivity contribution in [2.45, 2.75) is 44.6 Å². The van der Waals surface area contributed by atoms with Crippen molar-refractivity contribution in [2.75, 3.05) is 0 Å². The summed E-state index contributed by atoms with van der Waals surface area (Å²) < 4.78 is 2.56. The van der Waals surface area contributed by atoms with E-state index in [1.54, 1.807) is 0 Å². The molecule has 1 aliphatic heterocycles. The van der Waals surface area contributed by atoms with Gasteiger partial charge in [0.2, 0.25) is 0 Å². The van der Waals surface area contributed by atoms with Gasteiger partial charge in [-0.1, -0.05) is 214 Å². The van der Waals surface area contributed by atoms with Gasteiger partial charge < -0.3 is 4.57 Å². The van der Waals surface area contributed by atoms with Crippen LogP contribution < -0.4 is 0 Å². The summed E-state index contributed by atoms with van der Waals surface area (Å²) in [7, 11) is 0. The molecule has 1 spiro atoms. The highest BCUT2D eigenvalue weighted by Crippen LogP contribution is 2.63. The Hall–Kier alpha value is -8.33. The zero-order valence-electron chi connectivity index (χ0n) is 40.6. The summed E-state index contributed by atoms with van der Waals surface area (Å²) in [5.74, 6) is 0.542. The Labute approximate surface area is 420 Å². The van der Waals surface area contributed by atoms with Gasteiger partial charge in [-0.15, -0.1) is 0 Å². The predicted molar refractivity (Wildman–Crippen MR) is 303 cm³/mol. The lowest BCUT2D eigenvalue weighted by molar-refractivity contribution is 0.429. The van der Waals surface area contributed by atoms with Crippen molar-refractivity contribution < 1.29 is 0 Å². The van der Waals surface area contributed by atoms with Crippen LogP contribution in [-0.4, -0.2) is 10.3 Å². The number of aromatic nitrogens is 1. The molecule has 15 rings (SSSR count). The van der Waals surface area contributed by atoms with Crippen LogP contribution in [0, 0.1) is 11.8 Å². The normalized spacial score (nSPS) is 18.7. The minimum absolute atomic E-state index is 0.0256. The zero-order valence-corrected chi connectivity index (χ0v) is 40.6. The molecule has 342 valence electrons. The topological polar surface area (TPSA) is 17.3 Å². The summed E-state index contributed by atoms with van der Waals surface area (Å²) >= 11 is 0. The lowest BCUT2D eigenvalue weighted by atomic mass is 9.70. The number of benzene rings is 11. The van der Waals surface area contributed by atoms with Gasteiger partial charge in [-0.3, -0.25) is 4.99 Å². The molecule has 12 aromatic rings. The highest BCUT2D eigenvalue weighted by molar-refractivity contribution is 6.35. The van der Waals surface area contributed by atoms with Crippen molar-refractivity contribution in [1.29, 1.82) is 0 Å². The summed E-state index contributed by atoms with van der Waals surface area (Å²) in [5.41, 5.74) is 20.5. The van der Waals surface area contributed by atoms with E-state index in [1.807, 2.05) is 0 Å². The second-order valence-electron chi connectivity index (χ2n) is 20.7. The number of fused-ring (bicyclic) bond motifs is 14. The fourth-order valence-electron chi connectivity index (χ4n) is 14.0. The average molecular weight is 921 g/mol. The second kappa shape index (κ2) is 15.8. The smallest absolute Gasteiger partial charge is 0.0783 e. The van der Waals surface area contributed by atoms with E-state index in [2.05, 4.69) is 243 Å². The summed E-state index contributed by atoms with van der Waals surface area (Å²) in [6.45, 7) is 4.73. The van der Waals surface area contributed by atoms with Gasteiger partial charge >= 0.3 is 0 Å². The van der Waals surface area contributed by atoms with E-state index in [-0.39, 0.29) is 12.0 Å². The summed E-state index contributed by atoms with van der Waals surface area (Å²) in [5, 5.41) is 10.3. The molecule has 3 atom stereocenters. The Bertz CT molecular complexity index is 4180. The van der Waals surface area contributed by atoms with Crippen molar-refractivity contribution in [3.05, 3.63) is 263 Å². The summed E-state index contributed by atoms with van der Waals surface area (Å²) in [6, 6.07) is 82.6. The van der Waals surface area contributed by atoms with Gasteiger partial charge in [-0.25, -0.2) is 0 Å². The van der Waals surface area contributed by atoms with Crippen LogP contribution in [-0.2, 0) is 5.41 Å². The third-order valence-electron chi connectivity index (χ3n) is 17.2. The van der Waals surface area contributed by atoms with Gasteiger partial charge in [0.25, 0.3) is 0 Å². The lowest BCUT2D eigenvalue weighted by Crippen LogP contribution is -2.25. The van der Waals surface area contributed by atoms with Gasteiger partial charge in [0.05, 0.1) is 28.2 Å². The first-order valence-corrected chi connectivity index (χ1v) is 26.1. The first-order valence-electron chi connectivity index (χ1n) is 26.1. The third-order valence-corrected chi connectivity index (χ3v) is 17.2. The molecule has 2 heteroatoms. The van der Waals surface area contributed by atoms with Gasteiger partial charge in [0, 0.05) is 33.4 Å². The molecular formula is C70H52N2. The minimum atomic E-state index is -0.405. The predicted octanol–water partition coefficient (Wildman–Crippen LogP) is 18.1. The van der Waals surface area contributed by atoms with Crippen LogP contribution in [0.1, 0.15) is 78.1 Å². The van der Waals surface area contributed by atoms with Crippen molar-refractivity contribution in [1.82, 2.24) is 4.57 Å². The molecule has 3 unspecified atom stereocenters. The Morgan fingerprint density at radius 1 is 0.472 bits per heavy atom. The van der Waals surface area contributed by atoms with Gasteiger partial charge in [0.15, 0.2) is 0 Å². The van der Waals surface area contributed by atoms with E-state index < -0.39 is 5.41 Å². The maximum absolute atomic E-state index is 5.96. The molecule has 0 bridgehead atoms. The Morgan fingerprint density at radius 3 is 1.65 bits per heavy atom. The fraction of sp³-hybridized carbons (Fsp3) is 0.129. The molecule has 2 heterocycles. The van der Waals surface area contributed by atoms with Gasteiger partial charge in [-0.2, -0.15) is 0 Å². The van der Waals surface area contributed by atoms with Crippen molar-refractivity contribution in [3.63, 3.8) is 0 Å². The molecule has 11 aromatic carbocycles. The lowest BCUT2D eigenvalue weighted by Gasteiger charge is -2.30. The molecular weight excluding hydrogens is 869 g/mol. The van der Waals surface area contributed by atoms with E-state index in [1.165, 1.54) is 132 Å². The number of allylic oxidation sites excluding steroid dienone is 2. The third kappa shape index (κ3) is 5.69. The van der Waals surface area contributed by atoms with Crippen LogP contribution >= 0.6 is 0 Å². The molecule has 1 aromatic heterocycles. The second-order valence-corrected chi connectivity index (χ2v) is 20.7. The highest BCUT2D eigenvalue weighted by atomic mass is 15.0. The number of hydrogen-bond acceptors (Lipinski definition) is 1. The number of rotatable bonds is 5. The Morgan fingerprint density at radius 2 is 1.01 bits per heavy atom. The standard InChI is InChI=1S/C70H52N2/c1-3-44-40-47(45-20-6-4-7-21-45)37-36-43(2)68(71-69(44)46-22-8-5-9-23-46)55-38-39-63(52-28-11-10-24-48(52)55)72-64-34-18-29-53-56-41-58-51-27-14-17-33-61(51)70(59-31-15-12-25-49(59)50-26-13-16-32-60(50)70)62(58)42-57(56)54-30-19-35-65(72)67(54)66(53)64/h4-35,37-39,41-44,69H,3,36,40H2,1-2H3/b47-37-,71-68?. The van der Waals surface area contributed by atoms with Crippen LogP contribution in [0.3, 0.4) is 0 Å². The van der Waals surface area contributed by atoms with Crippen molar-refractivity contribution in [2.24, 2.45) is 16.8 Å². The zero-order chi connectivity index (χ0) is 47.7. The van der Waals surface area contributed by atoms with Crippen LogP contribution in [0.15, 0.2) is 229 Å². The van der Waals surface area contributed by atoms with Gasteiger partial charge in [0.1, 0.15) is 0 Å². The monoisotopic (exact) mass is 920 g/mol. The molecule has 0 radical (unpaired) electrons. The first-order chi connectivity index (χ1) is 35.6. The van der Waals surface area contributed by atoms with E-state index in [9.17, 15) is 0 Å². The maximum Gasteiger partial charge on any atom is 0.0783 e. The molecule has 3 aliphatic rings. The van der Waals surface area contributed by atoms with Gasteiger partial charge in [-0.05, 0) is 137 Å². The van der Waals surface area contributed by atoms with Crippen LogP contribution in [0.25, 0.3) is 87.6 Å². The largest absolute Gasteiger partial charge is 0.309 e.